The Balaban J connectivity index is 2.09. The van der Waals surface area contributed by atoms with E-state index < -0.39 is 0 Å². The Hall–Kier alpha value is -2.28. The van der Waals surface area contributed by atoms with Crippen LogP contribution in [0.3, 0.4) is 0 Å². The van der Waals surface area contributed by atoms with Gasteiger partial charge in [0.1, 0.15) is 12.7 Å². The van der Waals surface area contributed by atoms with E-state index in [2.05, 4.69) is 20.4 Å². The van der Waals surface area contributed by atoms with Gasteiger partial charge in [-0.05, 0) is 25.0 Å². The highest BCUT2D eigenvalue weighted by molar-refractivity contribution is 5.94. The smallest absolute Gasteiger partial charge is 0.251 e. The van der Waals surface area contributed by atoms with Crippen LogP contribution in [0.5, 0.6) is 0 Å². The number of carbonyl (C=O) groups is 1. The third kappa shape index (κ3) is 3.48. The van der Waals surface area contributed by atoms with Crippen molar-refractivity contribution in [3.8, 4) is 5.82 Å². The number of hydrogen-bond donors (Lipinski definition) is 2. The number of amides is 1. The summed E-state index contributed by atoms with van der Waals surface area (Å²) >= 11 is 0. The van der Waals surface area contributed by atoms with Crippen LogP contribution in [-0.2, 0) is 0 Å². The van der Waals surface area contributed by atoms with Gasteiger partial charge in [-0.25, -0.2) is 14.6 Å². The van der Waals surface area contributed by atoms with Crippen molar-refractivity contribution in [1.29, 1.82) is 0 Å². The van der Waals surface area contributed by atoms with Gasteiger partial charge in [-0.2, -0.15) is 5.10 Å². The largest absolute Gasteiger partial charge is 0.396 e. The van der Waals surface area contributed by atoms with Crippen molar-refractivity contribution >= 4 is 5.91 Å². The number of nitrogens with one attached hydrogen (secondary N) is 1. The molecule has 0 aromatic carbocycles. The predicted octanol–water partition coefficient (Wildman–Crippen LogP) is 1.19. The molecule has 0 radical (unpaired) electrons. The highest BCUT2D eigenvalue weighted by Crippen LogP contribution is 2.24. The topological polar surface area (TPSA) is 92.9 Å². The quantitative estimate of drug-likeness (QED) is 0.801. The Kier molecular flexibility index (Phi) is 5.21. The zero-order chi connectivity index (χ0) is 16.0. The first-order valence-corrected chi connectivity index (χ1v) is 7.34. The van der Waals surface area contributed by atoms with Crippen molar-refractivity contribution in [2.45, 2.75) is 26.7 Å². The molecule has 0 unspecified atom stereocenters. The third-order valence-electron chi connectivity index (χ3n) is 4.12. The fourth-order valence-electron chi connectivity index (χ4n) is 2.16. The molecular weight excluding hydrogens is 282 g/mol. The number of aliphatic hydroxyl groups is 1. The Morgan fingerprint density at radius 3 is 2.77 bits per heavy atom. The summed E-state index contributed by atoms with van der Waals surface area (Å²) in [4.78, 5) is 20.3. The molecule has 0 aliphatic carbocycles. The minimum Gasteiger partial charge on any atom is -0.396 e. The van der Waals surface area contributed by atoms with Crippen molar-refractivity contribution < 1.29 is 9.90 Å². The molecule has 0 fully saturated rings. The molecule has 7 nitrogen and oxygen atoms in total. The monoisotopic (exact) mass is 303 g/mol. The predicted molar refractivity (Wildman–Crippen MR) is 81.6 cm³/mol. The van der Waals surface area contributed by atoms with Crippen molar-refractivity contribution in [3.05, 3.63) is 36.5 Å². The van der Waals surface area contributed by atoms with Gasteiger partial charge < -0.3 is 10.4 Å². The van der Waals surface area contributed by atoms with Crippen LogP contribution in [0.2, 0.25) is 0 Å². The Bertz CT molecular complexity index is 600. The second kappa shape index (κ2) is 7.13. The Morgan fingerprint density at radius 1 is 1.41 bits per heavy atom. The fraction of sp³-hybridized carbons (Fsp3) is 0.467. The molecule has 2 aromatic heterocycles. The minimum atomic E-state index is -0.266. The van der Waals surface area contributed by atoms with Crippen molar-refractivity contribution in [2.24, 2.45) is 5.41 Å². The Labute approximate surface area is 129 Å². The molecule has 0 aliphatic rings. The first-order chi connectivity index (χ1) is 10.6. The van der Waals surface area contributed by atoms with E-state index in [4.69, 9.17) is 0 Å². The highest BCUT2D eigenvalue weighted by atomic mass is 16.3. The van der Waals surface area contributed by atoms with Crippen LogP contribution in [-0.4, -0.2) is 43.9 Å². The first-order valence-electron chi connectivity index (χ1n) is 7.34. The van der Waals surface area contributed by atoms with Crippen LogP contribution < -0.4 is 5.32 Å². The molecule has 7 heteroatoms. The van der Waals surface area contributed by atoms with Gasteiger partial charge in [0.15, 0.2) is 5.82 Å². The summed E-state index contributed by atoms with van der Waals surface area (Å²) in [5.74, 6) is 0.341. The molecular formula is C15H21N5O2. The lowest BCUT2D eigenvalue weighted by Crippen LogP contribution is -2.39. The van der Waals surface area contributed by atoms with Crippen LogP contribution in [0.25, 0.3) is 5.82 Å². The molecule has 0 bridgehead atoms. The molecule has 2 N–H and O–H groups in total. The number of nitrogens with zero attached hydrogens (tertiary/aromatic N) is 4. The molecule has 0 saturated heterocycles. The lowest BCUT2D eigenvalue weighted by atomic mass is 9.83. The van der Waals surface area contributed by atoms with E-state index in [-0.39, 0.29) is 17.9 Å². The van der Waals surface area contributed by atoms with E-state index in [0.29, 0.717) is 17.9 Å². The van der Waals surface area contributed by atoms with Crippen LogP contribution in [0, 0.1) is 5.41 Å². The van der Waals surface area contributed by atoms with Crippen LogP contribution >= 0.6 is 0 Å². The van der Waals surface area contributed by atoms with Crippen molar-refractivity contribution in [2.75, 3.05) is 13.2 Å². The molecule has 0 spiro atoms. The number of aliphatic hydroxyl groups excluding tert-OH is 1. The molecule has 0 aliphatic heterocycles. The standard InChI is InChI=1S/C15H21N5O2/c1-3-15(4-2,9-21)8-18-14(22)12-5-6-17-13(7-12)20-11-16-10-19-20/h5-7,10-11,21H,3-4,8-9H2,1-2H3,(H,18,22). The zero-order valence-corrected chi connectivity index (χ0v) is 12.9. The summed E-state index contributed by atoms with van der Waals surface area (Å²) in [5.41, 5.74) is 0.233. The number of hydrogen-bond acceptors (Lipinski definition) is 5. The van der Waals surface area contributed by atoms with E-state index in [0.717, 1.165) is 12.8 Å². The molecule has 2 aromatic rings. The van der Waals surface area contributed by atoms with E-state index >= 15 is 0 Å². The molecule has 22 heavy (non-hydrogen) atoms. The maximum atomic E-state index is 12.3. The Morgan fingerprint density at radius 2 is 2.18 bits per heavy atom. The first kappa shape index (κ1) is 16.1. The normalized spacial score (nSPS) is 11.4. The van der Waals surface area contributed by atoms with Gasteiger partial charge in [-0.15, -0.1) is 0 Å². The number of aromatic nitrogens is 4. The maximum Gasteiger partial charge on any atom is 0.251 e. The average Bonchev–Trinajstić information content (AvgIpc) is 3.11. The maximum absolute atomic E-state index is 12.3. The van der Waals surface area contributed by atoms with Crippen molar-refractivity contribution in [1.82, 2.24) is 25.1 Å². The van der Waals surface area contributed by atoms with Crippen LogP contribution in [0.1, 0.15) is 37.0 Å². The van der Waals surface area contributed by atoms with Gasteiger partial charge in [-0.1, -0.05) is 13.8 Å². The molecule has 2 rings (SSSR count). The summed E-state index contributed by atoms with van der Waals surface area (Å²) in [7, 11) is 0. The molecule has 118 valence electrons. The zero-order valence-electron chi connectivity index (χ0n) is 12.9. The van der Waals surface area contributed by atoms with Crippen molar-refractivity contribution in [3.63, 3.8) is 0 Å². The van der Waals surface area contributed by atoms with Crippen LogP contribution in [0.4, 0.5) is 0 Å². The molecule has 0 atom stereocenters. The molecule has 1 amide bonds. The summed E-state index contributed by atoms with van der Waals surface area (Å²) in [6.45, 7) is 4.53. The lowest BCUT2D eigenvalue weighted by molar-refractivity contribution is 0.0851. The van der Waals surface area contributed by atoms with Gasteiger partial charge in [0.25, 0.3) is 5.91 Å². The average molecular weight is 303 g/mol. The van der Waals surface area contributed by atoms with Gasteiger partial charge in [0.05, 0.1) is 6.61 Å². The van der Waals surface area contributed by atoms with Gasteiger partial charge in [0.2, 0.25) is 0 Å². The summed E-state index contributed by atoms with van der Waals surface area (Å²) in [6, 6.07) is 3.30. The lowest BCUT2D eigenvalue weighted by Gasteiger charge is -2.29. The van der Waals surface area contributed by atoms with Gasteiger partial charge >= 0.3 is 0 Å². The van der Waals surface area contributed by atoms with E-state index in [9.17, 15) is 9.90 Å². The molecule has 2 heterocycles. The highest BCUT2D eigenvalue weighted by Gasteiger charge is 2.26. The minimum absolute atomic E-state index is 0.0564. The molecule has 0 saturated carbocycles. The van der Waals surface area contributed by atoms with E-state index in [1.54, 1.807) is 18.3 Å². The van der Waals surface area contributed by atoms with Gasteiger partial charge in [0, 0.05) is 23.7 Å². The number of rotatable bonds is 7. The van der Waals surface area contributed by atoms with E-state index in [1.165, 1.54) is 17.3 Å². The number of pyridine rings is 1. The summed E-state index contributed by atoms with van der Waals surface area (Å²) in [6.07, 6.45) is 6.11. The van der Waals surface area contributed by atoms with Gasteiger partial charge in [-0.3, -0.25) is 4.79 Å². The fourth-order valence-corrected chi connectivity index (χ4v) is 2.16. The second-order valence-electron chi connectivity index (χ2n) is 5.29. The summed E-state index contributed by atoms with van der Waals surface area (Å²) < 4.78 is 1.49. The van der Waals surface area contributed by atoms with E-state index in [1.807, 2.05) is 13.8 Å². The third-order valence-corrected chi connectivity index (χ3v) is 4.12. The summed E-state index contributed by atoms with van der Waals surface area (Å²) in [5, 5.41) is 16.4. The van der Waals surface area contributed by atoms with Crippen LogP contribution in [0.15, 0.2) is 31.0 Å². The SMILES string of the molecule is CCC(CC)(CO)CNC(=O)c1ccnc(-n2cncn2)c1. The number of carbonyl (C=O) groups excluding carboxylic acids is 1. The second-order valence-corrected chi connectivity index (χ2v) is 5.29.